The third-order valence-corrected chi connectivity index (χ3v) is 3.06. The van der Waals surface area contributed by atoms with E-state index in [0.29, 0.717) is 5.89 Å². The molecule has 0 amide bonds. The van der Waals surface area contributed by atoms with Gasteiger partial charge in [0.2, 0.25) is 5.89 Å². The first-order valence-electron chi connectivity index (χ1n) is 6.70. The maximum Gasteiger partial charge on any atom is 0.254 e. The number of hydrogen-bond acceptors (Lipinski definition) is 5. The van der Waals surface area contributed by atoms with E-state index >= 15 is 0 Å². The molecule has 0 spiro atoms. The number of aromatic nitrogens is 2. The smallest absolute Gasteiger partial charge is 0.254 e. The summed E-state index contributed by atoms with van der Waals surface area (Å²) in [6, 6.07) is 10.4. The Morgan fingerprint density at radius 3 is 2.39 bits per heavy atom. The summed E-state index contributed by atoms with van der Waals surface area (Å²) in [6.45, 7) is -0.0474. The van der Waals surface area contributed by atoms with E-state index < -0.39 is 11.6 Å². The van der Waals surface area contributed by atoms with Gasteiger partial charge in [-0.2, -0.15) is 0 Å². The van der Waals surface area contributed by atoms with Crippen LogP contribution in [0.5, 0.6) is 11.5 Å². The molecule has 0 atom stereocenters. The van der Waals surface area contributed by atoms with Crippen LogP contribution < -0.4 is 9.47 Å². The molecule has 0 bridgehead atoms. The molecule has 5 nitrogen and oxygen atoms in total. The highest BCUT2D eigenvalue weighted by molar-refractivity contribution is 5.53. The van der Waals surface area contributed by atoms with Crippen LogP contribution in [0.25, 0.3) is 11.5 Å². The SMILES string of the molecule is COc1ccc(-c2nnc(COc3ccc(F)c(F)c3)o2)cc1. The second-order valence-corrected chi connectivity index (χ2v) is 4.59. The zero-order valence-electron chi connectivity index (χ0n) is 12.1. The van der Waals surface area contributed by atoms with Crippen LogP contribution in [-0.2, 0) is 6.61 Å². The monoisotopic (exact) mass is 318 g/mol. The lowest BCUT2D eigenvalue weighted by Crippen LogP contribution is -1.96. The van der Waals surface area contributed by atoms with Gasteiger partial charge in [-0.25, -0.2) is 8.78 Å². The molecule has 0 radical (unpaired) electrons. The molecule has 0 saturated heterocycles. The van der Waals surface area contributed by atoms with Gasteiger partial charge in [0.15, 0.2) is 18.2 Å². The molecular weight excluding hydrogens is 306 g/mol. The van der Waals surface area contributed by atoms with Gasteiger partial charge in [0.1, 0.15) is 11.5 Å². The topological polar surface area (TPSA) is 57.4 Å². The maximum absolute atomic E-state index is 13.1. The number of methoxy groups -OCH3 is 1. The first kappa shape index (κ1) is 15.0. The molecule has 3 aromatic rings. The maximum atomic E-state index is 13.1. The van der Waals surface area contributed by atoms with E-state index in [2.05, 4.69) is 10.2 Å². The third kappa shape index (κ3) is 3.45. The summed E-state index contributed by atoms with van der Waals surface area (Å²) in [5.74, 6) is -0.468. The number of halogens is 2. The standard InChI is InChI=1S/C16H12F2N2O3/c1-21-11-4-2-10(3-5-11)16-20-19-15(23-16)9-22-12-6-7-13(17)14(18)8-12/h2-8H,9H2,1H3. The van der Waals surface area contributed by atoms with Gasteiger partial charge < -0.3 is 13.9 Å². The lowest BCUT2D eigenvalue weighted by atomic mass is 10.2. The molecular formula is C16H12F2N2O3. The zero-order valence-corrected chi connectivity index (χ0v) is 12.1. The highest BCUT2D eigenvalue weighted by Gasteiger charge is 2.10. The van der Waals surface area contributed by atoms with E-state index in [1.807, 2.05) is 0 Å². The van der Waals surface area contributed by atoms with Crippen molar-refractivity contribution in [1.29, 1.82) is 0 Å². The quantitative estimate of drug-likeness (QED) is 0.719. The molecule has 23 heavy (non-hydrogen) atoms. The molecule has 0 N–H and O–H groups in total. The Morgan fingerprint density at radius 2 is 1.70 bits per heavy atom. The molecule has 0 aliphatic heterocycles. The van der Waals surface area contributed by atoms with Crippen LogP contribution in [-0.4, -0.2) is 17.3 Å². The van der Waals surface area contributed by atoms with E-state index in [0.717, 1.165) is 23.4 Å². The number of ether oxygens (including phenoxy) is 2. The van der Waals surface area contributed by atoms with Crippen molar-refractivity contribution in [2.24, 2.45) is 0 Å². The normalized spacial score (nSPS) is 10.6. The molecule has 7 heteroatoms. The van der Waals surface area contributed by atoms with E-state index in [-0.39, 0.29) is 18.2 Å². The van der Waals surface area contributed by atoms with Gasteiger partial charge in [-0.05, 0) is 36.4 Å². The van der Waals surface area contributed by atoms with Crippen molar-refractivity contribution in [3.8, 4) is 23.0 Å². The fourth-order valence-electron chi connectivity index (χ4n) is 1.87. The molecule has 0 saturated carbocycles. The van der Waals surface area contributed by atoms with Crippen molar-refractivity contribution in [2.45, 2.75) is 6.61 Å². The molecule has 0 unspecified atom stereocenters. The van der Waals surface area contributed by atoms with Gasteiger partial charge in [0.05, 0.1) is 7.11 Å². The summed E-state index contributed by atoms with van der Waals surface area (Å²) < 4.78 is 41.7. The summed E-state index contributed by atoms with van der Waals surface area (Å²) in [6.07, 6.45) is 0. The second-order valence-electron chi connectivity index (χ2n) is 4.59. The van der Waals surface area contributed by atoms with E-state index in [1.54, 1.807) is 31.4 Å². The molecule has 1 aromatic heterocycles. The summed E-state index contributed by atoms with van der Waals surface area (Å²) in [5, 5.41) is 7.76. The van der Waals surface area contributed by atoms with Gasteiger partial charge >= 0.3 is 0 Å². The van der Waals surface area contributed by atoms with Crippen molar-refractivity contribution in [3.05, 3.63) is 60.0 Å². The number of rotatable bonds is 5. The van der Waals surface area contributed by atoms with Crippen molar-refractivity contribution in [2.75, 3.05) is 7.11 Å². The van der Waals surface area contributed by atoms with E-state index in [4.69, 9.17) is 13.9 Å². The van der Waals surface area contributed by atoms with Crippen LogP contribution in [0.3, 0.4) is 0 Å². The minimum Gasteiger partial charge on any atom is -0.497 e. The highest BCUT2D eigenvalue weighted by Crippen LogP contribution is 2.22. The molecule has 118 valence electrons. The molecule has 0 aliphatic carbocycles. The molecule has 2 aromatic carbocycles. The fourth-order valence-corrected chi connectivity index (χ4v) is 1.87. The summed E-state index contributed by atoms with van der Waals surface area (Å²) >= 11 is 0. The number of benzene rings is 2. The highest BCUT2D eigenvalue weighted by atomic mass is 19.2. The van der Waals surface area contributed by atoms with Gasteiger partial charge in [-0.15, -0.1) is 10.2 Å². The van der Waals surface area contributed by atoms with Gasteiger partial charge in [-0.3, -0.25) is 0 Å². The summed E-state index contributed by atoms with van der Waals surface area (Å²) in [5.41, 5.74) is 0.734. The molecule has 1 heterocycles. The van der Waals surface area contributed by atoms with Crippen LogP contribution in [0.1, 0.15) is 5.89 Å². The van der Waals surface area contributed by atoms with Crippen molar-refractivity contribution in [3.63, 3.8) is 0 Å². The zero-order chi connectivity index (χ0) is 16.2. The van der Waals surface area contributed by atoms with Crippen LogP contribution in [0.2, 0.25) is 0 Å². The minimum atomic E-state index is -0.980. The Kier molecular flexibility index (Phi) is 4.18. The van der Waals surface area contributed by atoms with Crippen molar-refractivity contribution >= 4 is 0 Å². The Labute approximate surface area is 130 Å². The van der Waals surface area contributed by atoms with E-state index in [9.17, 15) is 8.78 Å². The number of nitrogens with zero attached hydrogens (tertiary/aromatic N) is 2. The van der Waals surface area contributed by atoms with Gasteiger partial charge in [0.25, 0.3) is 5.89 Å². The van der Waals surface area contributed by atoms with Crippen LogP contribution in [0, 0.1) is 11.6 Å². The first-order valence-corrected chi connectivity index (χ1v) is 6.70. The lowest BCUT2D eigenvalue weighted by Gasteiger charge is -2.03. The Hall–Kier alpha value is -2.96. The number of hydrogen-bond donors (Lipinski definition) is 0. The molecule has 0 fully saturated rings. The predicted octanol–water partition coefficient (Wildman–Crippen LogP) is 3.60. The van der Waals surface area contributed by atoms with Crippen molar-refractivity contribution < 1.29 is 22.7 Å². The van der Waals surface area contributed by atoms with Crippen molar-refractivity contribution in [1.82, 2.24) is 10.2 Å². The minimum absolute atomic E-state index is 0.0474. The Bertz CT molecular complexity index is 803. The Balaban J connectivity index is 1.67. The summed E-state index contributed by atoms with van der Waals surface area (Å²) in [7, 11) is 1.58. The summed E-state index contributed by atoms with van der Waals surface area (Å²) in [4.78, 5) is 0. The average molecular weight is 318 g/mol. The largest absolute Gasteiger partial charge is 0.497 e. The van der Waals surface area contributed by atoms with Crippen LogP contribution in [0.15, 0.2) is 46.9 Å². The first-order chi connectivity index (χ1) is 11.2. The second kappa shape index (κ2) is 6.43. The molecule has 0 aliphatic rings. The predicted molar refractivity (Wildman–Crippen MR) is 77.0 cm³/mol. The van der Waals surface area contributed by atoms with Crippen LogP contribution >= 0.6 is 0 Å². The lowest BCUT2D eigenvalue weighted by molar-refractivity contribution is 0.262. The third-order valence-electron chi connectivity index (χ3n) is 3.06. The fraction of sp³-hybridized carbons (Fsp3) is 0.125. The van der Waals surface area contributed by atoms with Gasteiger partial charge in [-0.1, -0.05) is 0 Å². The Morgan fingerprint density at radius 1 is 0.957 bits per heavy atom. The van der Waals surface area contributed by atoms with Crippen LogP contribution in [0.4, 0.5) is 8.78 Å². The van der Waals surface area contributed by atoms with Gasteiger partial charge in [0, 0.05) is 11.6 Å². The van der Waals surface area contributed by atoms with E-state index in [1.165, 1.54) is 6.07 Å². The molecule has 3 rings (SSSR count). The average Bonchev–Trinajstić information content (AvgIpc) is 3.05.